The highest BCUT2D eigenvalue weighted by molar-refractivity contribution is 6.30. The van der Waals surface area contributed by atoms with E-state index in [1.54, 1.807) is 6.26 Å². The molecule has 3 nitrogen and oxygen atoms in total. The summed E-state index contributed by atoms with van der Waals surface area (Å²) in [6.07, 6.45) is 2.38. The highest BCUT2D eigenvalue weighted by Gasteiger charge is 2.09. The van der Waals surface area contributed by atoms with Crippen LogP contribution in [0.25, 0.3) is 11.3 Å². The quantitative estimate of drug-likeness (QED) is 0.868. The van der Waals surface area contributed by atoms with Crippen molar-refractivity contribution in [3.8, 4) is 11.3 Å². The van der Waals surface area contributed by atoms with Crippen molar-refractivity contribution in [1.29, 1.82) is 0 Å². The van der Waals surface area contributed by atoms with Crippen LogP contribution in [0.15, 0.2) is 35.1 Å². The molecule has 0 radical (unpaired) electrons. The predicted octanol–water partition coefficient (Wildman–Crippen LogP) is 2.50. The van der Waals surface area contributed by atoms with Gasteiger partial charge in [-0.25, -0.2) is 0 Å². The summed E-state index contributed by atoms with van der Waals surface area (Å²) in [6.45, 7) is 0.578. The fraction of sp³-hybridized carbons (Fsp3) is 0.182. The molecule has 0 amide bonds. The van der Waals surface area contributed by atoms with Crippen LogP contribution in [0.4, 0.5) is 0 Å². The maximum absolute atomic E-state index is 5.91. The molecule has 0 bridgehead atoms. The number of aromatic nitrogens is 1. The number of nitrogens with two attached hydrogens (primary N) is 1. The lowest BCUT2D eigenvalue weighted by molar-refractivity contribution is 0.421. The minimum atomic E-state index is 0.578. The summed E-state index contributed by atoms with van der Waals surface area (Å²) in [4.78, 5) is 0. The van der Waals surface area contributed by atoms with E-state index in [9.17, 15) is 0 Å². The maximum atomic E-state index is 5.91. The van der Waals surface area contributed by atoms with Crippen molar-refractivity contribution in [2.45, 2.75) is 6.42 Å². The van der Waals surface area contributed by atoms with Crippen LogP contribution in [0.2, 0.25) is 5.02 Å². The summed E-state index contributed by atoms with van der Waals surface area (Å²) in [6, 6.07) is 7.52. The van der Waals surface area contributed by atoms with Crippen molar-refractivity contribution >= 4 is 11.6 Å². The fourth-order valence-corrected chi connectivity index (χ4v) is 1.65. The van der Waals surface area contributed by atoms with Crippen molar-refractivity contribution < 1.29 is 4.52 Å². The molecule has 0 aliphatic heterocycles. The predicted molar refractivity (Wildman–Crippen MR) is 59.7 cm³/mol. The van der Waals surface area contributed by atoms with Crippen molar-refractivity contribution in [1.82, 2.24) is 5.16 Å². The zero-order valence-electron chi connectivity index (χ0n) is 8.11. The number of benzene rings is 1. The third kappa shape index (κ3) is 2.19. The molecule has 2 N–H and O–H groups in total. The van der Waals surface area contributed by atoms with Gasteiger partial charge in [-0.1, -0.05) is 28.9 Å². The Labute approximate surface area is 92.8 Å². The Morgan fingerprint density at radius 3 is 3.00 bits per heavy atom. The van der Waals surface area contributed by atoms with Gasteiger partial charge in [0.15, 0.2) is 0 Å². The van der Waals surface area contributed by atoms with E-state index in [0.29, 0.717) is 11.6 Å². The van der Waals surface area contributed by atoms with Gasteiger partial charge >= 0.3 is 0 Å². The van der Waals surface area contributed by atoms with E-state index in [4.69, 9.17) is 21.9 Å². The molecule has 0 atom stereocenters. The lowest BCUT2D eigenvalue weighted by Gasteiger charge is -1.99. The molecule has 0 spiro atoms. The van der Waals surface area contributed by atoms with Gasteiger partial charge in [-0.2, -0.15) is 0 Å². The highest BCUT2D eigenvalue weighted by atomic mass is 35.5. The van der Waals surface area contributed by atoms with Gasteiger partial charge in [0.1, 0.15) is 12.0 Å². The van der Waals surface area contributed by atoms with E-state index in [0.717, 1.165) is 23.2 Å². The molecule has 15 heavy (non-hydrogen) atoms. The summed E-state index contributed by atoms with van der Waals surface area (Å²) in [7, 11) is 0. The average Bonchev–Trinajstić information content (AvgIpc) is 2.66. The molecule has 78 valence electrons. The highest BCUT2D eigenvalue weighted by Crippen LogP contribution is 2.24. The SMILES string of the molecule is NCCc1conc1-c1cccc(Cl)c1. The van der Waals surface area contributed by atoms with Crippen molar-refractivity contribution in [2.75, 3.05) is 6.54 Å². The van der Waals surface area contributed by atoms with E-state index in [-0.39, 0.29) is 0 Å². The third-order valence-corrected chi connectivity index (χ3v) is 2.39. The Hall–Kier alpha value is -1.32. The molecule has 2 aromatic rings. The zero-order valence-corrected chi connectivity index (χ0v) is 8.87. The van der Waals surface area contributed by atoms with Crippen LogP contribution >= 0.6 is 11.6 Å². The fourth-order valence-electron chi connectivity index (χ4n) is 1.46. The second kappa shape index (κ2) is 4.47. The smallest absolute Gasteiger partial charge is 0.127 e. The number of hydrogen-bond acceptors (Lipinski definition) is 3. The maximum Gasteiger partial charge on any atom is 0.127 e. The Bertz CT molecular complexity index is 453. The van der Waals surface area contributed by atoms with Gasteiger partial charge in [0, 0.05) is 16.1 Å². The standard InChI is InChI=1S/C11H11ClN2O/c12-10-3-1-2-8(6-10)11-9(4-5-13)7-15-14-11/h1-3,6-7H,4-5,13H2. The minimum Gasteiger partial charge on any atom is -0.364 e. The van der Waals surface area contributed by atoms with E-state index in [1.807, 2.05) is 24.3 Å². The number of rotatable bonds is 3. The van der Waals surface area contributed by atoms with Crippen molar-refractivity contribution in [2.24, 2.45) is 5.73 Å². The summed E-state index contributed by atoms with van der Waals surface area (Å²) in [5.41, 5.74) is 8.29. The van der Waals surface area contributed by atoms with Crippen LogP contribution < -0.4 is 5.73 Å². The first-order valence-corrected chi connectivity index (χ1v) is 5.08. The minimum absolute atomic E-state index is 0.578. The van der Waals surface area contributed by atoms with Gasteiger partial charge in [0.25, 0.3) is 0 Å². The first-order chi connectivity index (χ1) is 7.31. The van der Waals surface area contributed by atoms with Crippen LogP contribution in [-0.2, 0) is 6.42 Å². The average molecular weight is 223 g/mol. The van der Waals surface area contributed by atoms with Gasteiger partial charge in [-0.3, -0.25) is 0 Å². The van der Waals surface area contributed by atoms with E-state index >= 15 is 0 Å². The number of halogens is 1. The lowest BCUT2D eigenvalue weighted by Crippen LogP contribution is -2.02. The normalized spacial score (nSPS) is 10.5. The first-order valence-electron chi connectivity index (χ1n) is 4.70. The molecule has 1 aromatic heterocycles. The first kappa shape index (κ1) is 10.2. The Kier molecular flexibility index (Phi) is 3.04. The van der Waals surface area contributed by atoms with Gasteiger partial charge in [0.2, 0.25) is 0 Å². The Balaban J connectivity index is 2.40. The number of nitrogens with zero attached hydrogens (tertiary/aromatic N) is 1. The van der Waals surface area contributed by atoms with Gasteiger partial charge in [0.05, 0.1) is 0 Å². The van der Waals surface area contributed by atoms with E-state index in [1.165, 1.54) is 0 Å². The molecule has 0 aliphatic rings. The van der Waals surface area contributed by atoms with Gasteiger partial charge in [-0.05, 0) is 25.1 Å². The van der Waals surface area contributed by atoms with Crippen molar-refractivity contribution in [3.05, 3.63) is 41.1 Å². The lowest BCUT2D eigenvalue weighted by atomic mass is 10.1. The summed E-state index contributed by atoms with van der Waals surface area (Å²) in [5, 5.41) is 4.65. The van der Waals surface area contributed by atoms with Gasteiger partial charge in [-0.15, -0.1) is 0 Å². The second-order valence-electron chi connectivity index (χ2n) is 3.24. The molecule has 2 rings (SSSR count). The topological polar surface area (TPSA) is 52.0 Å². The summed E-state index contributed by atoms with van der Waals surface area (Å²) in [5.74, 6) is 0. The second-order valence-corrected chi connectivity index (χ2v) is 3.67. The third-order valence-electron chi connectivity index (χ3n) is 2.15. The van der Waals surface area contributed by atoms with E-state index < -0.39 is 0 Å². The molecule has 0 saturated heterocycles. The molecule has 0 fully saturated rings. The molecule has 0 saturated carbocycles. The molecule has 4 heteroatoms. The van der Waals surface area contributed by atoms with Crippen LogP contribution in [0.1, 0.15) is 5.56 Å². The Morgan fingerprint density at radius 2 is 2.27 bits per heavy atom. The largest absolute Gasteiger partial charge is 0.364 e. The van der Waals surface area contributed by atoms with Crippen LogP contribution in [0, 0.1) is 0 Å². The van der Waals surface area contributed by atoms with Gasteiger partial charge < -0.3 is 10.3 Å². The van der Waals surface area contributed by atoms with Crippen LogP contribution in [0.3, 0.4) is 0 Å². The van der Waals surface area contributed by atoms with E-state index in [2.05, 4.69) is 5.16 Å². The molecule has 0 unspecified atom stereocenters. The molecule has 1 aromatic carbocycles. The molecular formula is C11H11ClN2O. The van der Waals surface area contributed by atoms with Crippen molar-refractivity contribution in [3.63, 3.8) is 0 Å². The van der Waals surface area contributed by atoms with Crippen LogP contribution in [-0.4, -0.2) is 11.7 Å². The Morgan fingerprint density at radius 1 is 1.40 bits per heavy atom. The number of hydrogen-bond donors (Lipinski definition) is 1. The molecule has 1 heterocycles. The summed E-state index contributed by atoms with van der Waals surface area (Å²) >= 11 is 5.91. The molecular weight excluding hydrogens is 212 g/mol. The van der Waals surface area contributed by atoms with Crippen LogP contribution in [0.5, 0.6) is 0 Å². The monoisotopic (exact) mass is 222 g/mol. The molecule has 0 aliphatic carbocycles. The summed E-state index contributed by atoms with van der Waals surface area (Å²) < 4.78 is 4.94. The zero-order chi connectivity index (χ0) is 10.7.